The number of nitrogens with one attached hydrogen (secondary N) is 2. The van der Waals surface area contributed by atoms with Crippen LogP contribution < -0.4 is 10.1 Å². The zero-order chi connectivity index (χ0) is 24.1. The van der Waals surface area contributed by atoms with Gasteiger partial charge in [0.2, 0.25) is 0 Å². The van der Waals surface area contributed by atoms with E-state index in [1.165, 1.54) is 0 Å². The van der Waals surface area contributed by atoms with Crippen molar-refractivity contribution in [2.45, 2.75) is 26.4 Å². The lowest BCUT2D eigenvalue weighted by molar-refractivity contribution is 0.0931. The van der Waals surface area contributed by atoms with Crippen LogP contribution in [0.2, 0.25) is 5.02 Å². The number of nitrogens with zero attached hydrogens (tertiary/aromatic N) is 4. The SMILES string of the molecule is CCOc1ccc(-c2cc(C(=O)N[C@@H](C)Cn3ccc(-c4ccc(C#N)c(Cl)c4)n3)[nH]n2)cc1. The molecule has 9 heteroatoms. The Morgan fingerprint density at radius 1 is 1.18 bits per heavy atom. The second-order valence-corrected chi connectivity index (χ2v) is 8.14. The first-order chi connectivity index (χ1) is 16.5. The van der Waals surface area contributed by atoms with Gasteiger partial charge in [-0.1, -0.05) is 17.7 Å². The molecule has 0 fully saturated rings. The fourth-order valence-electron chi connectivity index (χ4n) is 3.48. The molecule has 2 N–H and O–H groups in total. The summed E-state index contributed by atoms with van der Waals surface area (Å²) in [5.41, 5.74) is 3.92. The number of carbonyl (C=O) groups excluding carboxylic acids is 1. The molecular formula is C25H23ClN6O2. The average Bonchev–Trinajstić information content (AvgIpc) is 3.50. The molecule has 2 heterocycles. The summed E-state index contributed by atoms with van der Waals surface area (Å²) < 4.78 is 7.21. The Hall–Kier alpha value is -4.09. The van der Waals surface area contributed by atoms with E-state index in [1.54, 1.807) is 22.9 Å². The highest BCUT2D eigenvalue weighted by Gasteiger charge is 2.15. The van der Waals surface area contributed by atoms with Crippen molar-refractivity contribution in [3.8, 4) is 34.3 Å². The van der Waals surface area contributed by atoms with Gasteiger partial charge in [-0.15, -0.1) is 0 Å². The van der Waals surface area contributed by atoms with E-state index in [-0.39, 0.29) is 11.9 Å². The fraction of sp³-hybridized carbons (Fsp3) is 0.200. The molecule has 1 atom stereocenters. The number of hydrogen-bond acceptors (Lipinski definition) is 5. The molecule has 1 amide bonds. The first kappa shape index (κ1) is 23.1. The monoisotopic (exact) mass is 474 g/mol. The van der Waals surface area contributed by atoms with E-state index >= 15 is 0 Å². The van der Waals surface area contributed by atoms with Crippen molar-refractivity contribution in [1.29, 1.82) is 5.26 Å². The molecule has 0 radical (unpaired) electrons. The molecule has 172 valence electrons. The second kappa shape index (κ2) is 10.2. The number of H-pyrrole nitrogens is 1. The Morgan fingerprint density at radius 3 is 2.65 bits per heavy atom. The topological polar surface area (TPSA) is 109 Å². The number of rotatable bonds is 8. The summed E-state index contributed by atoms with van der Waals surface area (Å²) in [4.78, 5) is 12.7. The van der Waals surface area contributed by atoms with Crippen LogP contribution in [0.3, 0.4) is 0 Å². The van der Waals surface area contributed by atoms with Crippen molar-refractivity contribution in [2.24, 2.45) is 0 Å². The highest BCUT2D eigenvalue weighted by molar-refractivity contribution is 6.32. The number of amides is 1. The Kier molecular flexibility index (Phi) is 6.95. The molecule has 8 nitrogen and oxygen atoms in total. The maximum absolute atomic E-state index is 12.7. The van der Waals surface area contributed by atoms with Crippen LogP contribution in [0.4, 0.5) is 0 Å². The summed E-state index contributed by atoms with van der Waals surface area (Å²) in [5.74, 6) is 0.543. The van der Waals surface area contributed by atoms with E-state index in [4.69, 9.17) is 21.6 Å². The molecule has 0 aliphatic carbocycles. The van der Waals surface area contributed by atoms with Crippen LogP contribution >= 0.6 is 11.6 Å². The van der Waals surface area contributed by atoms with Crippen molar-refractivity contribution in [2.75, 3.05) is 6.61 Å². The van der Waals surface area contributed by atoms with Crippen molar-refractivity contribution in [3.63, 3.8) is 0 Å². The van der Waals surface area contributed by atoms with Crippen molar-refractivity contribution in [3.05, 3.63) is 77.1 Å². The maximum Gasteiger partial charge on any atom is 0.269 e. The first-order valence-corrected chi connectivity index (χ1v) is 11.2. The molecule has 2 aromatic heterocycles. The minimum Gasteiger partial charge on any atom is -0.494 e. The van der Waals surface area contributed by atoms with Crippen LogP contribution in [0, 0.1) is 11.3 Å². The van der Waals surface area contributed by atoms with Gasteiger partial charge in [-0.3, -0.25) is 14.6 Å². The highest BCUT2D eigenvalue weighted by atomic mass is 35.5. The van der Waals surface area contributed by atoms with Gasteiger partial charge in [0.15, 0.2) is 0 Å². The summed E-state index contributed by atoms with van der Waals surface area (Å²) in [5, 5.41) is 24.0. The Bertz CT molecular complexity index is 1340. The molecule has 0 bridgehead atoms. The molecule has 0 unspecified atom stereocenters. The van der Waals surface area contributed by atoms with E-state index in [1.807, 2.05) is 62.5 Å². The number of aromatic nitrogens is 4. The number of hydrogen-bond donors (Lipinski definition) is 2. The van der Waals surface area contributed by atoms with Gasteiger partial charge in [0.25, 0.3) is 5.91 Å². The van der Waals surface area contributed by atoms with Crippen LogP contribution in [0.15, 0.2) is 60.8 Å². The van der Waals surface area contributed by atoms with Gasteiger partial charge >= 0.3 is 0 Å². The van der Waals surface area contributed by atoms with E-state index in [0.717, 1.165) is 22.6 Å². The molecule has 0 aliphatic rings. The maximum atomic E-state index is 12.7. The van der Waals surface area contributed by atoms with Gasteiger partial charge in [0.05, 0.1) is 35.1 Å². The smallest absolute Gasteiger partial charge is 0.269 e. The van der Waals surface area contributed by atoms with Crippen LogP contribution in [0.5, 0.6) is 5.75 Å². The molecule has 0 spiro atoms. The van der Waals surface area contributed by atoms with Gasteiger partial charge in [-0.25, -0.2) is 0 Å². The third-order valence-corrected chi connectivity index (χ3v) is 5.46. The van der Waals surface area contributed by atoms with Crippen molar-refractivity contribution in [1.82, 2.24) is 25.3 Å². The molecular weight excluding hydrogens is 452 g/mol. The lowest BCUT2D eigenvalue weighted by Gasteiger charge is -2.13. The van der Waals surface area contributed by atoms with Gasteiger partial charge in [-0.05, 0) is 62.4 Å². The number of halogens is 1. The summed E-state index contributed by atoms with van der Waals surface area (Å²) in [6.07, 6.45) is 1.84. The predicted octanol–water partition coefficient (Wildman–Crippen LogP) is 4.68. The summed E-state index contributed by atoms with van der Waals surface area (Å²) in [6.45, 7) is 4.93. The number of benzene rings is 2. The molecule has 0 saturated carbocycles. The number of nitriles is 1. The molecule has 4 rings (SSSR count). The molecule has 4 aromatic rings. The average molecular weight is 475 g/mol. The third kappa shape index (κ3) is 5.27. The number of carbonyl (C=O) groups is 1. The summed E-state index contributed by atoms with van der Waals surface area (Å²) >= 11 is 6.13. The van der Waals surface area contributed by atoms with Crippen LogP contribution in [-0.4, -0.2) is 38.5 Å². The van der Waals surface area contributed by atoms with Gasteiger partial charge in [0.1, 0.15) is 17.5 Å². The Labute approximate surface area is 202 Å². The van der Waals surface area contributed by atoms with Crippen LogP contribution in [0.1, 0.15) is 29.9 Å². The third-order valence-electron chi connectivity index (χ3n) is 5.15. The predicted molar refractivity (Wildman–Crippen MR) is 130 cm³/mol. The minimum atomic E-state index is -0.247. The van der Waals surface area contributed by atoms with Gasteiger partial charge in [-0.2, -0.15) is 15.5 Å². The number of aromatic amines is 1. The minimum absolute atomic E-state index is 0.179. The molecule has 2 aromatic carbocycles. The largest absolute Gasteiger partial charge is 0.494 e. The normalized spacial score (nSPS) is 11.6. The van der Waals surface area contributed by atoms with Crippen LogP contribution in [0.25, 0.3) is 22.5 Å². The Morgan fingerprint density at radius 2 is 1.94 bits per heavy atom. The van der Waals surface area contributed by atoms with E-state index < -0.39 is 0 Å². The highest BCUT2D eigenvalue weighted by Crippen LogP contribution is 2.24. The second-order valence-electron chi connectivity index (χ2n) is 7.73. The van der Waals surface area contributed by atoms with E-state index in [9.17, 15) is 4.79 Å². The van der Waals surface area contributed by atoms with E-state index in [0.29, 0.717) is 35.1 Å². The standard InChI is InChI=1S/C25H23ClN6O2/c1-3-34-20-8-6-17(7-9-20)23-13-24(30-29-23)25(33)28-16(2)15-32-11-10-22(31-32)18-4-5-19(14-27)21(26)12-18/h4-13,16H,3,15H2,1-2H3,(H,28,33)(H,29,30)/t16-/m0/s1. The lowest BCUT2D eigenvalue weighted by Crippen LogP contribution is -2.36. The van der Waals surface area contributed by atoms with Gasteiger partial charge in [0, 0.05) is 23.4 Å². The molecule has 0 saturated heterocycles. The molecule has 34 heavy (non-hydrogen) atoms. The lowest BCUT2D eigenvalue weighted by atomic mass is 10.1. The number of ether oxygens (including phenoxy) is 1. The van der Waals surface area contributed by atoms with Crippen LogP contribution in [-0.2, 0) is 6.54 Å². The van der Waals surface area contributed by atoms with E-state index in [2.05, 4.69) is 20.6 Å². The quantitative estimate of drug-likeness (QED) is 0.385. The fourth-order valence-corrected chi connectivity index (χ4v) is 3.71. The summed E-state index contributed by atoms with van der Waals surface area (Å²) in [7, 11) is 0. The first-order valence-electron chi connectivity index (χ1n) is 10.8. The van der Waals surface area contributed by atoms with Crippen molar-refractivity contribution >= 4 is 17.5 Å². The summed E-state index contributed by atoms with van der Waals surface area (Å²) in [6, 6.07) is 18.2. The zero-order valence-corrected chi connectivity index (χ0v) is 19.5. The molecule has 0 aliphatic heterocycles. The van der Waals surface area contributed by atoms with Crippen molar-refractivity contribution < 1.29 is 9.53 Å². The Balaban J connectivity index is 1.36. The van der Waals surface area contributed by atoms with Gasteiger partial charge < -0.3 is 10.1 Å². The zero-order valence-electron chi connectivity index (χ0n) is 18.7.